The van der Waals surface area contributed by atoms with E-state index in [0.717, 1.165) is 12.3 Å². The van der Waals surface area contributed by atoms with Crippen molar-refractivity contribution >= 4 is 34.4 Å². The number of aromatic nitrogens is 2. The molecule has 0 spiro atoms. The van der Waals surface area contributed by atoms with Gasteiger partial charge < -0.3 is 20.1 Å². The first-order chi connectivity index (χ1) is 11.9. The molecule has 0 atom stereocenters. The van der Waals surface area contributed by atoms with Gasteiger partial charge in [-0.3, -0.25) is 9.59 Å². The van der Waals surface area contributed by atoms with Crippen LogP contribution in [0.15, 0.2) is 28.9 Å². The molecule has 8 nitrogen and oxygen atoms in total. The molecule has 3 N–H and O–H groups in total. The number of carbonyl (C=O) groups is 2. The number of carboxylic acid groups (broad SMARTS) is 1. The Kier molecular flexibility index (Phi) is 4.24. The lowest BCUT2D eigenvalue weighted by Crippen LogP contribution is -2.29. The second-order valence-electron chi connectivity index (χ2n) is 4.90. The van der Waals surface area contributed by atoms with Crippen LogP contribution in [0.3, 0.4) is 0 Å². The molecule has 0 unspecified atom stereocenters. The fourth-order valence-electron chi connectivity index (χ4n) is 2.22. The molecule has 25 heavy (non-hydrogen) atoms. The van der Waals surface area contributed by atoms with E-state index in [1.54, 1.807) is 0 Å². The Bertz CT molecular complexity index is 984. The monoisotopic (exact) mass is 365 g/mol. The quantitative estimate of drug-likeness (QED) is 0.647. The molecule has 1 aromatic carbocycles. The van der Waals surface area contributed by atoms with Crippen LogP contribution in [0.5, 0.6) is 5.75 Å². The smallest absolute Gasteiger partial charge is 0.322 e. The molecule has 0 fully saturated rings. The summed E-state index contributed by atoms with van der Waals surface area (Å²) in [5.41, 5.74) is -0.668. The molecule has 0 radical (unpaired) electrons. The van der Waals surface area contributed by atoms with Crippen LogP contribution in [-0.2, 0) is 4.79 Å². The van der Waals surface area contributed by atoms with Gasteiger partial charge in [0, 0.05) is 0 Å². The van der Waals surface area contributed by atoms with Gasteiger partial charge in [-0.15, -0.1) is 0 Å². The summed E-state index contributed by atoms with van der Waals surface area (Å²) in [6.07, 6.45) is 1.11. The Balaban J connectivity index is 2.16. The Labute approximate surface area is 143 Å². The zero-order valence-corrected chi connectivity index (χ0v) is 13.0. The zero-order valence-electron chi connectivity index (χ0n) is 12.3. The first-order valence-corrected chi connectivity index (χ1v) is 7.19. The molecule has 3 rings (SSSR count). The highest BCUT2D eigenvalue weighted by Crippen LogP contribution is 2.39. The molecule has 0 aliphatic rings. The van der Waals surface area contributed by atoms with Crippen molar-refractivity contribution in [1.82, 2.24) is 15.5 Å². The number of pyridine rings is 1. The van der Waals surface area contributed by atoms with E-state index in [9.17, 15) is 19.1 Å². The summed E-state index contributed by atoms with van der Waals surface area (Å²) in [5, 5.41) is 24.7. The maximum Gasteiger partial charge on any atom is 0.322 e. The number of fused-ring (bicyclic) bond motifs is 1. The number of amides is 1. The van der Waals surface area contributed by atoms with E-state index in [0.29, 0.717) is 0 Å². The van der Waals surface area contributed by atoms with E-state index >= 15 is 0 Å². The first-order valence-electron chi connectivity index (χ1n) is 6.82. The van der Waals surface area contributed by atoms with Gasteiger partial charge in [-0.25, -0.2) is 9.37 Å². The molecular formula is C15H9ClFN3O5. The number of nitrogens with zero attached hydrogens (tertiary/aromatic N) is 2. The van der Waals surface area contributed by atoms with Crippen molar-refractivity contribution in [3.63, 3.8) is 0 Å². The van der Waals surface area contributed by atoms with Crippen LogP contribution in [0.1, 0.15) is 10.5 Å². The summed E-state index contributed by atoms with van der Waals surface area (Å²) < 4.78 is 19.1. The third kappa shape index (κ3) is 2.96. The van der Waals surface area contributed by atoms with Gasteiger partial charge in [-0.2, -0.15) is 0 Å². The third-order valence-corrected chi connectivity index (χ3v) is 3.62. The maximum atomic E-state index is 14.1. The van der Waals surface area contributed by atoms with Gasteiger partial charge in [0.1, 0.15) is 18.1 Å². The van der Waals surface area contributed by atoms with Crippen molar-refractivity contribution in [2.24, 2.45) is 0 Å². The molecule has 0 saturated carbocycles. The number of nitrogens with one attached hydrogen (secondary N) is 1. The van der Waals surface area contributed by atoms with Crippen molar-refractivity contribution in [2.75, 3.05) is 6.54 Å². The minimum Gasteiger partial charge on any atom is -0.505 e. The predicted molar refractivity (Wildman–Crippen MR) is 83.8 cm³/mol. The Morgan fingerprint density at radius 2 is 2.12 bits per heavy atom. The lowest BCUT2D eigenvalue weighted by molar-refractivity contribution is -0.135. The lowest BCUT2D eigenvalue weighted by Gasteiger charge is -2.06. The Morgan fingerprint density at radius 3 is 2.80 bits per heavy atom. The summed E-state index contributed by atoms with van der Waals surface area (Å²) >= 11 is 6.00. The number of aliphatic carboxylic acids is 1. The van der Waals surface area contributed by atoms with E-state index in [2.05, 4.69) is 15.5 Å². The molecule has 2 heterocycles. The second-order valence-corrected chi connectivity index (χ2v) is 5.31. The Hall–Kier alpha value is -3.20. The zero-order chi connectivity index (χ0) is 18.1. The number of carboxylic acids is 1. The number of halogens is 2. The normalized spacial score (nSPS) is 10.8. The second kappa shape index (κ2) is 6.36. The topological polar surface area (TPSA) is 126 Å². The highest BCUT2D eigenvalue weighted by atomic mass is 35.5. The standard InChI is InChI=1S/C15H9ClFN3O5/c16-6-2-1-3-7(17)10(6)12-11-8(25-20-12)4-18-13(14(11)23)15(24)19-5-9(21)22/h1-4,23H,5H2,(H,19,24)(H,21,22). The summed E-state index contributed by atoms with van der Waals surface area (Å²) in [4.78, 5) is 26.2. The number of aromatic hydroxyl groups is 1. The maximum absolute atomic E-state index is 14.1. The van der Waals surface area contributed by atoms with Crippen molar-refractivity contribution in [1.29, 1.82) is 0 Å². The lowest BCUT2D eigenvalue weighted by atomic mass is 10.1. The number of hydrogen-bond acceptors (Lipinski definition) is 6. The minimum absolute atomic E-state index is 0.00149. The fourth-order valence-corrected chi connectivity index (χ4v) is 2.48. The molecule has 1 amide bonds. The molecule has 0 aliphatic carbocycles. The molecule has 128 valence electrons. The predicted octanol–water partition coefficient (Wildman–Crippen LogP) is 2.20. The molecule has 0 saturated heterocycles. The van der Waals surface area contributed by atoms with Gasteiger partial charge in [-0.05, 0) is 12.1 Å². The summed E-state index contributed by atoms with van der Waals surface area (Å²) in [7, 11) is 0. The van der Waals surface area contributed by atoms with Crippen LogP contribution in [0.2, 0.25) is 5.02 Å². The van der Waals surface area contributed by atoms with Crippen molar-refractivity contribution < 1.29 is 28.7 Å². The fraction of sp³-hybridized carbons (Fsp3) is 0.0667. The summed E-state index contributed by atoms with van der Waals surface area (Å²) in [5.74, 6) is -3.52. The average molecular weight is 366 g/mol. The van der Waals surface area contributed by atoms with Crippen LogP contribution in [-0.4, -0.2) is 38.8 Å². The van der Waals surface area contributed by atoms with E-state index in [4.69, 9.17) is 21.2 Å². The average Bonchev–Trinajstić information content (AvgIpc) is 2.97. The van der Waals surface area contributed by atoms with E-state index in [1.807, 2.05) is 0 Å². The molecule has 2 aromatic heterocycles. The van der Waals surface area contributed by atoms with Gasteiger partial charge in [0.2, 0.25) is 0 Å². The van der Waals surface area contributed by atoms with E-state index < -0.39 is 35.7 Å². The van der Waals surface area contributed by atoms with Crippen LogP contribution >= 0.6 is 11.6 Å². The van der Waals surface area contributed by atoms with E-state index in [1.165, 1.54) is 12.1 Å². The highest BCUT2D eigenvalue weighted by Gasteiger charge is 2.24. The van der Waals surface area contributed by atoms with Crippen LogP contribution in [0.25, 0.3) is 22.2 Å². The van der Waals surface area contributed by atoms with Crippen LogP contribution in [0.4, 0.5) is 4.39 Å². The van der Waals surface area contributed by atoms with Gasteiger partial charge in [0.25, 0.3) is 5.91 Å². The van der Waals surface area contributed by atoms with E-state index in [-0.39, 0.29) is 27.2 Å². The van der Waals surface area contributed by atoms with Crippen LogP contribution < -0.4 is 5.32 Å². The number of benzene rings is 1. The van der Waals surface area contributed by atoms with Gasteiger partial charge in [0.05, 0.1) is 22.2 Å². The summed E-state index contributed by atoms with van der Waals surface area (Å²) in [6.45, 7) is -0.659. The SMILES string of the molecule is O=C(O)CNC(=O)c1ncc2onc(-c3c(F)cccc3Cl)c2c1O. The highest BCUT2D eigenvalue weighted by molar-refractivity contribution is 6.33. The van der Waals surface area contributed by atoms with Gasteiger partial charge in [-0.1, -0.05) is 22.8 Å². The molecule has 3 aromatic rings. The molecule has 0 aliphatic heterocycles. The minimum atomic E-state index is -1.27. The van der Waals surface area contributed by atoms with Gasteiger partial charge >= 0.3 is 5.97 Å². The molecular weight excluding hydrogens is 357 g/mol. The van der Waals surface area contributed by atoms with Crippen molar-refractivity contribution in [2.45, 2.75) is 0 Å². The number of hydrogen-bond donors (Lipinski definition) is 3. The molecule has 10 heteroatoms. The van der Waals surface area contributed by atoms with Crippen molar-refractivity contribution in [3.8, 4) is 17.0 Å². The van der Waals surface area contributed by atoms with Crippen molar-refractivity contribution in [3.05, 3.63) is 40.9 Å². The third-order valence-electron chi connectivity index (χ3n) is 3.31. The summed E-state index contributed by atoms with van der Waals surface area (Å²) in [6, 6.07) is 3.98. The first kappa shape index (κ1) is 16.7. The molecule has 0 bridgehead atoms. The van der Waals surface area contributed by atoms with Gasteiger partial charge in [0.15, 0.2) is 17.0 Å². The largest absolute Gasteiger partial charge is 0.505 e. The number of carbonyl (C=O) groups excluding carboxylic acids is 1. The number of rotatable bonds is 4. The Morgan fingerprint density at radius 1 is 1.36 bits per heavy atom. The van der Waals surface area contributed by atoms with Crippen LogP contribution in [0, 0.1) is 5.82 Å².